The topological polar surface area (TPSA) is 111 Å². The van der Waals surface area contributed by atoms with Crippen molar-refractivity contribution >= 4 is 40.0 Å². The minimum absolute atomic E-state index is 0.0741. The van der Waals surface area contributed by atoms with E-state index in [4.69, 9.17) is 5.73 Å². The van der Waals surface area contributed by atoms with Gasteiger partial charge in [-0.2, -0.15) is 0 Å². The number of carbonyl (C=O) groups is 2. The van der Waals surface area contributed by atoms with E-state index in [1.165, 1.54) is 11.8 Å². The number of nitrogens with one attached hydrogen (secondary N) is 1. The summed E-state index contributed by atoms with van der Waals surface area (Å²) in [5.41, 5.74) is 9.57. The number of thioether (sulfide) groups is 1. The van der Waals surface area contributed by atoms with Gasteiger partial charge in [0.25, 0.3) is 5.91 Å². The van der Waals surface area contributed by atoms with Gasteiger partial charge in [0.1, 0.15) is 11.4 Å². The molecule has 1 heterocycles. The predicted octanol–water partition coefficient (Wildman–Crippen LogP) is 3.50. The van der Waals surface area contributed by atoms with Crippen LogP contribution in [-0.2, 0) is 4.79 Å². The van der Waals surface area contributed by atoms with Crippen LogP contribution in [0.3, 0.4) is 0 Å². The SMILES string of the molecule is NC(=O)c1ccccc1NC(=O)CSc1nnc2c(n1)-c1cccc3cccc-2c13. The van der Waals surface area contributed by atoms with Crippen molar-refractivity contribution in [3.8, 4) is 22.5 Å². The highest BCUT2D eigenvalue weighted by molar-refractivity contribution is 7.99. The Bertz CT molecular complexity index is 1330. The standard InChI is InChI=1S/C22H15N5O2S/c23-21(29)13-7-1-2-10-16(13)24-17(28)11-30-22-25-19-14-8-3-5-12-6-4-9-15(18(12)14)20(19)26-27-22/h1-10H,11H2,(H2,23,29)(H,24,28). The molecule has 0 fully saturated rings. The Kier molecular flexibility index (Phi) is 4.40. The van der Waals surface area contributed by atoms with Crippen LogP contribution in [-0.4, -0.2) is 32.7 Å². The second-order valence-corrected chi connectivity index (χ2v) is 7.69. The largest absolute Gasteiger partial charge is 0.366 e. The molecule has 0 atom stereocenters. The molecule has 0 bridgehead atoms. The highest BCUT2D eigenvalue weighted by atomic mass is 32.2. The van der Waals surface area contributed by atoms with Crippen molar-refractivity contribution in [2.75, 3.05) is 11.1 Å². The lowest BCUT2D eigenvalue weighted by atomic mass is 10.0. The summed E-state index contributed by atoms with van der Waals surface area (Å²) < 4.78 is 0. The maximum absolute atomic E-state index is 12.4. The summed E-state index contributed by atoms with van der Waals surface area (Å²) in [6, 6.07) is 18.8. The third-order valence-electron chi connectivity index (χ3n) is 4.88. The van der Waals surface area contributed by atoms with Gasteiger partial charge >= 0.3 is 0 Å². The highest BCUT2D eigenvalue weighted by Crippen LogP contribution is 2.44. The third kappa shape index (κ3) is 3.07. The van der Waals surface area contributed by atoms with Gasteiger partial charge in [-0.05, 0) is 17.5 Å². The fourth-order valence-corrected chi connectivity index (χ4v) is 4.19. The first-order valence-electron chi connectivity index (χ1n) is 9.20. The number of fused-ring (bicyclic) bond motifs is 3. The Morgan fingerprint density at radius 3 is 2.40 bits per heavy atom. The zero-order chi connectivity index (χ0) is 20.7. The molecule has 3 aromatic carbocycles. The fraction of sp³-hybridized carbons (Fsp3) is 0.0455. The Balaban J connectivity index is 1.36. The van der Waals surface area contributed by atoms with E-state index in [9.17, 15) is 9.59 Å². The number of nitrogens with two attached hydrogens (primary N) is 1. The first kappa shape index (κ1) is 18.3. The number of carbonyl (C=O) groups excluding carboxylic acids is 2. The van der Waals surface area contributed by atoms with E-state index in [1.807, 2.05) is 24.3 Å². The molecule has 4 aromatic rings. The molecule has 0 saturated heterocycles. The van der Waals surface area contributed by atoms with Gasteiger partial charge in [0.05, 0.1) is 17.0 Å². The van der Waals surface area contributed by atoms with Crippen LogP contribution in [0.1, 0.15) is 10.4 Å². The second kappa shape index (κ2) is 7.23. The lowest BCUT2D eigenvalue weighted by Crippen LogP contribution is -2.19. The van der Waals surface area contributed by atoms with Crippen molar-refractivity contribution in [3.05, 3.63) is 66.2 Å². The summed E-state index contributed by atoms with van der Waals surface area (Å²) in [6.45, 7) is 0. The number of aromatic nitrogens is 3. The van der Waals surface area contributed by atoms with Gasteiger partial charge in [-0.25, -0.2) is 4.98 Å². The summed E-state index contributed by atoms with van der Waals surface area (Å²) >= 11 is 1.18. The van der Waals surface area contributed by atoms with Crippen LogP contribution in [0.25, 0.3) is 33.3 Å². The molecule has 5 rings (SSSR count). The first-order valence-corrected chi connectivity index (χ1v) is 10.2. The Labute approximate surface area is 175 Å². The van der Waals surface area contributed by atoms with Crippen LogP contribution >= 0.6 is 11.8 Å². The molecular formula is C22H15N5O2S. The Hall–Kier alpha value is -3.78. The molecule has 7 nitrogen and oxygen atoms in total. The molecule has 0 spiro atoms. The van der Waals surface area contributed by atoms with Crippen molar-refractivity contribution in [1.82, 2.24) is 15.2 Å². The van der Waals surface area contributed by atoms with Crippen molar-refractivity contribution in [2.45, 2.75) is 5.16 Å². The van der Waals surface area contributed by atoms with Crippen LogP contribution in [0, 0.1) is 0 Å². The average molecular weight is 413 g/mol. The van der Waals surface area contributed by atoms with Crippen molar-refractivity contribution in [3.63, 3.8) is 0 Å². The summed E-state index contributed by atoms with van der Waals surface area (Å²) in [4.78, 5) is 28.5. The van der Waals surface area contributed by atoms with Crippen LogP contribution in [0.2, 0.25) is 0 Å². The molecule has 30 heavy (non-hydrogen) atoms. The molecule has 1 aromatic heterocycles. The highest BCUT2D eigenvalue weighted by Gasteiger charge is 2.25. The molecule has 1 aliphatic carbocycles. The molecular weight excluding hydrogens is 398 g/mol. The average Bonchev–Trinajstić information content (AvgIpc) is 3.08. The van der Waals surface area contributed by atoms with Crippen LogP contribution in [0.15, 0.2) is 65.8 Å². The molecule has 0 aliphatic heterocycles. The fourth-order valence-electron chi connectivity index (χ4n) is 3.60. The van der Waals surface area contributed by atoms with Crippen LogP contribution in [0.4, 0.5) is 5.69 Å². The van der Waals surface area contributed by atoms with Gasteiger partial charge < -0.3 is 11.1 Å². The number of benzene rings is 3. The molecule has 8 heteroatoms. The number of rotatable bonds is 5. The molecule has 2 amide bonds. The number of amides is 2. The molecule has 0 saturated carbocycles. The maximum Gasteiger partial charge on any atom is 0.250 e. The van der Waals surface area contributed by atoms with E-state index in [0.29, 0.717) is 10.8 Å². The summed E-state index contributed by atoms with van der Waals surface area (Å²) in [5, 5.41) is 13.9. The molecule has 0 unspecified atom stereocenters. The normalized spacial score (nSPS) is 11.3. The van der Waals surface area contributed by atoms with Crippen molar-refractivity contribution in [2.24, 2.45) is 5.73 Å². The van der Waals surface area contributed by atoms with E-state index in [-0.39, 0.29) is 17.2 Å². The van der Waals surface area contributed by atoms with E-state index in [2.05, 4.69) is 32.6 Å². The molecule has 1 aliphatic rings. The maximum atomic E-state index is 12.4. The van der Waals surface area contributed by atoms with Gasteiger partial charge in [0, 0.05) is 16.5 Å². The van der Waals surface area contributed by atoms with Gasteiger partial charge in [0.2, 0.25) is 11.1 Å². The number of primary amides is 1. The summed E-state index contributed by atoms with van der Waals surface area (Å²) in [7, 11) is 0. The minimum Gasteiger partial charge on any atom is -0.366 e. The van der Waals surface area contributed by atoms with E-state index < -0.39 is 5.91 Å². The number of nitrogens with zero attached hydrogens (tertiary/aromatic N) is 3. The predicted molar refractivity (Wildman–Crippen MR) is 116 cm³/mol. The van der Waals surface area contributed by atoms with Crippen molar-refractivity contribution in [1.29, 1.82) is 0 Å². The quantitative estimate of drug-likeness (QED) is 0.427. The number of anilines is 1. The van der Waals surface area contributed by atoms with E-state index >= 15 is 0 Å². The van der Waals surface area contributed by atoms with Crippen LogP contribution < -0.4 is 11.1 Å². The summed E-state index contributed by atoms with van der Waals surface area (Å²) in [6.07, 6.45) is 0. The smallest absolute Gasteiger partial charge is 0.250 e. The Morgan fingerprint density at radius 1 is 0.900 bits per heavy atom. The van der Waals surface area contributed by atoms with Gasteiger partial charge in [-0.1, -0.05) is 60.3 Å². The number of hydrogen-bond acceptors (Lipinski definition) is 6. The number of para-hydroxylation sites is 1. The zero-order valence-electron chi connectivity index (χ0n) is 15.6. The second-order valence-electron chi connectivity index (χ2n) is 6.75. The lowest BCUT2D eigenvalue weighted by Gasteiger charge is -2.08. The van der Waals surface area contributed by atoms with Crippen molar-refractivity contribution < 1.29 is 9.59 Å². The molecule has 0 radical (unpaired) electrons. The monoisotopic (exact) mass is 413 g/mol. The van der Waals surface area contributed by atoms with E-state index in [0.717, 1.165) is 33.3 Å². The van der Waals surface area contributed by atoms with Gasteiger partial charge in [-0.15, -0.1) is 10.2 Å². The first-order chi connectivity index (χ1) is 14.6. The minimum atomic E-state index is -0.599. The van der Waals surface area contributed by atoms with Gasteiger partial charge in [-0.3, -0.25) is 9.59 Å². The summed E-state index contributed by atoms with van der Waals surface area (Å²) in [5.74, 6) is -0.813. The van der Waals surface area contributed by atoms with Gasteiger partial charge in [0.15, 0.2) is 0 Å². The zero-order valence-corrected chi connectivity index (χ0v) is 16.4. The van der Waals surface area contributed by atoms with Crippen LogP contribution in [0.5, 0.6) is 0 Å². The molecule has 3 N–H and O–H groups in total. The third-order valence-corrected chi connectivity index (χ3v) is 5.72. The van der Waals surface area contributed by atoms with E-state index in [1.54, 1.807) is 24.3 Å². The Morgan fingerprint density at radius 2 is 1.63 bits per heavy atom. The number of hydrogen-bond donors (Lipinski definition) is 2. The molecule has 146 valence electrons. The lowest BCUT2D eigenvalue weighted by molar-refractivity contribution is -0.113.